The molecule has 2 N–H and O–H groups in total. The number of rotatable bonds is 1. The van der Waals surface area contributed by atoms with Gasteiger partial charge in [-0.3, -0.25) is 0 Å². The number of nitrogen functional groups attached to an aromatic ring is 1. The fraction of sp³-hybridized carbons (Fsp3) is 0.500. The van der Waals surface area contributed by atoms with Crippen LogP contribution in [-0.2, 0) is 6.42 Å². The van der Waals surface area contributed by atoms with Crippen LogP contribution in [0.5, 0.6) is 0 Å². The zero-order chi connectivity index (χ0) is 6.85. The minimum atomic E-state index is 0.268. The zero-order valence-electron chi connectivity index (χ0n) is 5.64. The monoisotopic (exact) mass is 126 g/mol. The molecule has 0 spiro atoms. The van der Waals surface area contributed by atoms with E-state index in [1.165, 1.54) is 0 Å². The quantitative estimate of drug-likeness (QED) is 0.613. The van der Waals surface area contributed by atoms with E-state index in [0.717, 1.165) is 17.9 Å². The van der Waals surface area contributed by atoms with E-state index in [0.29, 0.717) is 0 Å². The molecule has 0 atom stereocenters. The summed E-state index contributed by atoms with van der Waals surface area (Å²) in [6.45, 7) is 3.89. The first kappa shape index (κ1) is 6.13. The molecule has 1 aromatic heterocycles. The highest BCUT2D eigenvalue weighted by atomic mass is 16.4. The molecule has 0 saturated carbocycles. The molecule has 0 aromatic carbocycles. The predicted molar refractivity (Wildman–Crippen MR) is 35.0 cm³/mol. The van der Waals surface area contributed by atoms with Crippen LogP contribution in [0.2, 0.25) is 0 Å². The smallest absolute Gasteiger partial charge is 0.292 e. The van der Waals surface area contributed by atoms with Gasteiger partial charge in [0.15, 0.2) is 0 Å². The van der Waals surface area contributed by atoms with Crippen LogP contribution in [0.4, 0.5) is 6.01 Å². The molecule has 0 bridgehead atoms. The number of oxazole rings is 1. The van der Waals surface area contributed by atoms with Crippen molar-refractivity contribution >= 4 is 6.01 Å². The van der Waals surface area contributed by atoms with Crippen LogP contribution in [-0.4, -0.2) is 4.98 Å². The summed E-state index contributed by atoms with van der Waals surface area (Å²) in [5.74, 6) is 0.882. The summed E-state index contributed by atoms with van der Waals surface area (Å²) in [6.07, 6.45) is 0.857. The first-order valence-corrected chi connectivity index (χ1v) is 2.95. The Bertz CT molecular complexity index is 205. The van der Waals surface area contributed by atoms with E-state index in [4.69, 9.17) is 10.2 Å². The van der Waals surface area contributed by atoms with Crippen molar-refractivity contribution < 1.29 is 4.42 Å². The van der Waals surface area contributed by atoms with E-state index in [1.54, 1.807) is 0 Å². The van der Waals surface area contributed by atoms with Gasteiger partial charge in [-0.1, -0.05) is 6.92 Å². The summed E-state index contributed by atoms with van der Waals surface area (Å²) in [5, 5.41) is 0. The minimum Gasteiger partial charge on any atom is -0.429 e. The number of nitrogens with zero attached hydrogens (tertiary/aromatic N) is 1. The molecule has 3 heteroatoms. The van der Waals surface area contributed by atoms with Crippen LogP contribution in [0.25, 0.3) is 0 Å². The third-order valence-electron chi connectivity index (χ3n) is 1.23. The maximum Gasteiger partial charge on any atom is 0.292 e. The van der Waals surface area contributed by atoms with Gasteiger partial charge in [0.2, 0.25) is 0 Å². The zero-order valence-corrected chi connectivity index (χ0v) is 5.64. The SMILES string of the molecule is CCc1oc(N)nc1C. The highest BCUT2D eigenvalue weighted by Crippen LogP contribution is 2.10. The Morgan fingerprint density at radius 1 is 1.67 bits per heavy atom. The first-order valence-electron chi connectivity index (χ1n) is 2.95. The average Bonchev–Trinajstić information content (AvgIpc) is 2.10. The second-order valence-corrected chi connectivity index (χ2v) is 1.91. The van der Waals surface area contributed by atoms with Crippen molar-refractivity contribution in [2.45, 2.75) is 20.3 Å². The largest absolute Gasteiger partial charge is 0.429 e. The molecule has 1 rings (SSSR count). The van der Waals surface area contributed by atoms with Crippen LogP contribution in [0.3, 0.4) is 0 Å². The van der Waals surface area contributed by atoms with Gasteiger partial charge < -0.3 is 10.2 Å². The number of nitrogens with two attached hydrogens (primary N) is 1. The Balaban J connectivity index is 3.01. The maximum atomic E-state index is 5.28. The van der Waals surface area contributed by atoms with Gasteiger partial charge in [-0.2, -0.15) is 4.98 Å². The molecular formula is C6H10N2O. The average molecular weight is 126 g/mol. The lowest BCUT2D eigenvalue weighted by Gasteiger charge is -1.84. The Kier molecular flexibility index (Phi) is 1.42. The van der Waals surface area contributed by atoms with Crippen LogP contribution >= 0.6 is 0 Å². The van der Waals surface area contributed by atoms with Crippen molar-refractivity contribution in [1.82, 2.24) is 4.98 Å². The van der Waals surface area contributed by atoms with Crippen molar-refractivity contribution in [3.05, 3.63) is 11.5 Å². The molecule has 0 fully saturated rings. The summed E-state index contributed by atoms with van der Waals surface area (Å²) in [4.78, 5) is 3.89. The predicted octanol–water partition coefficient (Wildman–Crippen LogP) is 1.13. The van der Waals surface area contributed by atoms with Crippen molar-refractivity contribution in [2.75, 3.05) is 5.73 Å². The van der Waals surface area contributed by atoms with Crippen molar-refractivity contribution in [1.29, 1.82) is 0 Å². The van der Waals surface area contributed by atoms with Crippen LogP contribution in [0.1, 0.15) is 18.4 Å². The van der Waals surface area contributed by atoms with Gasteiger partial charge in [-0.15, -0.1) is 0 Å². The normalized spacial score (nSPS) is 10.0. The Hall–Kier alpha value is -0.990. The number of hydrogen-bond donors (Lipinski definition) is 1. The molecule has 50 valence electrons. The van der Waals surface area contributed by atoms with E-state index < -0.39 is 0 Å². The lowest BCUT2D eigenvalue weighted by Crippen LogP contribution is -1.81. The van der Waals surface area contributed by atoms with Crippen molar-refractivity contribution in [3.63, 3.8) is 0 Å². The highest BCUT2D eigenvalue weighted by Gasteiger charge is 2.02. The highest BCUT2D eigenvalue weighted by molar-refractivity contribution is 5.18. The van der Waals surface area contributed by atoms with E-state index in [9.17, 15) is 0 Å². The number of hydrogen-bond acceptors (Lipinski definition) is 3. The van der Waals surface area contributed by atoms with Crippen LogP contribution in [0.15, 0.2) is 4.42 Å². The lowest BCUT2D eigenvalue weighted by atomic mass is 10.3. The van der Waals surface area contributed by atoms with E-state index in [-0.39, 0.29) is 6.01 Å². The minimum absolute atomic E-state index is 0.268. The van der Waals surface area contributed by atoms with Crippen LogP contribution < -0.4 is 5.73 Å². The molecule has 9 heavy (non-hydrogen) atoms. The third kappa shape index (κ3) is 1.04. The molecule has 0 aliphatic heterocycles. The summed E-state index contributed by atoms with van der Waals surface area (Å²) < 4.78 is 5.03. The summed E-state index contributed by atoms with van der Waals surface area (Å²) in [6, 6.07) is 0.268. The Morgan fingerprint density at radius 2 is 2.33 bits per heavy atom. The fourth-order valence-electron chi connectivity index (χ4n) is 0.779. The van der Waals surface area contributed by atoms with Gasteiger partial charge in [-0.25, -0.2) is 0 Å². The van der Waals surface area contributed by atoms with Gasteiger partial charge in [0, 0.05) is 6.42 Å². The molecule has 0 amide bonds. The van der Waals surface area contributed by atoms with Crippen molar-refractivity contribution in [2.24, 2.45) is 0 Å². The third-order valence-corrected chi connectivity index (χ3v) is 1.23. The summed E-state index contributed by atoms with van der Waals surface area (Å²) in [7, 11) is 0. The second-order valence-electron chi connectivity index (χ2n) is 1.91. The maximum absolute atomic E-state index is 5.28. The van der Waals surface area contributed by atoms with Crippen molar-refractivity contribution in [3.8, 4) is 0 Å². The Labute approximate surface area is 53.9 Å². The van der Waals surface area contributed by atoms with Crippen LogP contribution in [0, 0.1) is 6.92 Å². The standard InChI is InChI=1S/C6H10N2O/c1-3-5-4(2)8-6(7)9-5/h3H2,1-2H3,(H2,7,8). The Morgan fingerprint density at radius 3 is 2.56 bits per heavy atom. The van der Waals surface area contributed by atoms with Gasteiger partial charge >= 0.3 is 0 Å². The second kappa shape index (κ2) is 2.09. The molecule has 1 heterocycles. The molecule has 0 aliphatic rings. The van der Waals surface area contributed by atoms with Gasteiger partial charge in [-0.05, 0) is 6.92 Å². The van der Waals surface area contributed by atoms with Gasteiger partial charge in [0.1, 0.15) is 5.76 Å². The molecule has 0 radical (unpaired) electrons. The number of aryl methyl sites for hydroxylation is 2. The molecule has 0 aliphatic carbocycles. The summed E-state index contributed by atoms with van der Waals surface area (Å²) >= 11 is 0. The van der Waals surface area contributed by atoms with E-state index in [2.05, 4.69) is 4.98 Å². The fourth-order valence-corrected chi connectivity index (χ4v) is 0.779. The first-order chi connectivity index (χ1) is 4.24. The molecule has 0 saturated heterocycles. The lowest BCUT2D eigenvalue weighted by molar-refractivity contribution is 0.527. The van der Waals surface area contributed by atoms with E-state index in [1.807, 2.05) is 13.8 Å². The van der Waals surface area contributed by atoms with E-state index >= 15 is 0 Å². The summed E-state index contributed by atoms with van der Waals surface area (Å²) in [5.41, 5.74) is 6.18. The molecule has 1 aromatic rings. The molecule has 0 unspecified atom stereocenters. The molecular weight excluding hydrogens is 116 g/mol. The molecule has 3 nitrogen and oxygen atoms in total. The number of aromatic nitrogens is 1. The topological polar surface area (TPSA) is 52.0 Å². The van der Waals surface area contributed by atoms with Gasteiger partial charge in [0.25, 0.3) is 6.01 Å². The van der Waals surface area contributed by atoms with Gasteiger partial charge in [0.05, 0.1) is 5.69 Å². The number of anilines is 1.